The van der Waals surface area contributed by atoms with Crippen molar-refractivity contribution in [3.8, 4) is 10.4 Å². The van der Waals surface area contributed by atoms with Gasteiger partial charge in [-0.05, 0) is 24.5 Å². The van der Waals surface area contributed by atoms with Crippen LogP contribution in [-0.2, 0) is 25.5 Å². The number of hydrogen-bond donors (Lipinski definition) is 1. The zero-order chi connectivity index (χ0) is 21.5. The van der Waals surface area contributed by atoms with Crippen LogP contribution in [-0.4, -0.2) is 72.3 Å². The van der Waals surface area contributed by atoms with Gasteiger partial charge in [0.25, 0.3) is 0 Å². The Balaban J connectivity index is 1.54. The van der Waals surface area contributed by atoms with Crippen molar-refractivity contribution < 1.29 is 24.2 Å². The van der Waals surface area contributed by atoms with E-state index in [1.54, 1.807) is 18.4 Å². The number of Topliss-reactive ketones (excluding diaryl/α,β-unsaturated/α-hetero) is 1. The highest BCUT2D eigenvalue weighted by Crippen LogP contribution is 2.27. The molecule has 0 bridgehead atoms. The fourth-order valence-corrected chi connectivity index (χ4v) is 4.43. The highest BCUT2D eigenvalue weighted by atomic mass is 32.1. The average molecular weight is 433 g/mol. The molecular formula is C22H28N2O5S. The zero-order valence-corrected chi connectivity index (χ0v) is 18.2. The van der Waals surface area contributed by atoms with Gasteiger partial charge in [0.15, 0.2) is 5.78 Å². The number of aryl methyl sites for hydroxylation is 2. The molecule has 3 rings (SSSR count). The normalized spacial score (nSPS) is 18.7. The molecule has 2 heterocycles. The number of likely N-dealkylation sites (tertiary alicyclic amines) is 1. The van der Waals surface area contributed by atoms with Crippen molar-refractivity contribution in [1.82, 2.24) is 9.88 Å². The number of ether oxygens (including phenoxy) is 2. The fraction of sp³-hybridized carbons (Fsp3) is 0.500. The number of aromatic nitrogens is 1. The summed E-state index contributed by atoms with van der Waals surface area (Å²) in [4.78, 5) is 32.1. The SMILES string of the molecule is COCCOCC(=O)N1C[C@H](O)C[C@H]1C(=O)CCc1ccc(-c2scnc2C)cc1. The molecule has 1 aromatic heterocycles. The van der Waals surface area contributed by atoms with Crippen molar-refractivity contribution in [2.75, 3.05) is 33.5 Å². The van der Waals surface area contributed by atoms with Gasteiger partial charge in [0.1, 0.15) is 6.61 Å². The van der Waals surface area contributed by atoms with Gasteiger partial charge in [-0.2, -0.15) is 0 Å². The first kappa shape index (κ1) is 22.6. The Kier molecular flexibility index (Phi) is 8.09. The zero-order valence-electron chi connectivity index (χ0n) is 17.4. The van der Waals surface area contributed by atoms with E-state index in [-0.39, 0.29) is 31.3 Å². The minimum absolute atomic E-state index is 0.0285. The molecule has 8 heteroatoms. The van der Waals surface area contributed by atoms with E-state index in [1.807, 2.05) is 36.7 Å². The van der Waals surface area contributed by atoms with Gasteiger partial charge in [0.2, 0.25) is 5.91 Å². The lowest BCUT2D eigenvalue weighted by molar-refractivity contribution is -0.141. The molecule has 0 saturated carbocycles. The maximum atomic E-state index is 12.8. The molecule has 1 aromatic carbocycles. The molecule has 30 heavy (non-hydrogen) atoms. The summed E-state index contributed by atoms with van der Waals surface area (Å²) in [6.45, 7) is 2.77. The van der Waals surface area contributed by atoms with Gasteiger partial charge < -0.3 is 19.5 Å². The molecule has 1 amide bonds. The van der Waals surface area contributed by atoms with Crippen LogP contribution in [0.3, 0.4) is 0 Å². The van der Waals surface area contributed by atoms with Crippen LogP contribution in [0.15, 0.2) is 29.8 Å². The number of rotatable bonds is 10. The van der Waals surface area contributed by atoms with E-state index in [0.717, 1.165) is 21.7 Å². The van der Waals surface area contributed by atoms with Gasteiger partial charge in [-0.3, -0.25) is 9.59 Å². The average Bonchev–Trinajstić information content (AvgIpc) is 3.35. The van der Waals surface area contributed by atoms with Crippen molar-refractivity contribution in [3.63, 3.8) is 0 Å². The summed E-state index contributed by atoms with van der Waals surface area (Å²) in [5, 5.41) is 10.00. The molecule has 1 saturated heterocycles. The minimum atomic E-state index is -0.677. The first-order valence-corrected chi connectivity index (χ1v) is 10.9. The van der Waals surface area contributed by atoms with E-state index in [0.29, 0.717) is 26.1 Å². The summed E-state index contributed by atoms with van der Waals surface area (Å²) in [6.07, 6.45) is 0.528. The second kappa shape index (κ2) is 10.8. The second-order valence-electron chi connectivity index (χ2n) is 7.43. The summed E-state index contributed by atoms with van der Waals surface area (Å²) < 4.78 is 10.2. The lowest BCUT2D eigenvalue weighted by Gasteiger charge is -2.23. The molecule has 2 aromatic rings. The van der Waals surface area contributed by atoms with E-state index in [9.17, 15) is 14.7 Å². The van der Waals surface area contributed by atoms with Crippen LogP contribution in [0.25, 0.3) is 10.4 Å². The number of benzene rings is 1. The van der Waals surface area contributed by atoms with Gasteiger partial charge in [0.05, 0.1) is 41.4 Å². The summed E-state index contributed by atoms with van der Waals surface area (Å²) in [5.41, 5.74) is 5.03. The predicted molar refractivity (Wildman–Crippen MR) is 114 cm³/mol. The third-order valence-corrected chi connectivity index (χ3v) is 6.23. The van der Waals surface area contributed by atoms with Gasteiger partial charge in [0, 0.05) is 26.5 Å². The fourth-order valence-electron chi connectivity index (χ4n) is 3.62. The van der Waals surface area contributed by atoms with Crippen molar-refractivity contribution in [2.24, 2.45) is 0 Å². The number of aliphatic hydroxyl groups is 1. The third kappa shape index (κ3) is 5.72. The smallest absolute Gasteiger partial charge is 0.249 e. The number of carbonyl (C=O) groups is 2. The molecular weight excluding hydrogens is 404 g/mol. The lowest BCUT2D eigenvalue weighted by atomic mass is 10.0. The highest BCUT2D eigenvalue weighted by Gasteiger charge is 2.38. The van der Waals surface area contributed by atoms with Crippen LogP contribution in [0.1, 0.15) is 24.1 Å². The summed E-state index contributed by atoms with van der Waals surface area (Å²) >= 11 is 1.61. The molecule has 0 radical (unpaired) electrons. The van der Waals surface area contributed by atoms with E-state index >= 15 is 0 Å². The maximum absolute atomic E-state index is 12.8. The number of ketones is 1. The Labute approximate surface area is 180 Å². The van der Waals surface area contributed by atoms with E-state index in [1.165, 1.54) is 4.90 Å². The molecule has 1 aliphatic heterocycles. The van der Waals surface area contributed by atoms with Gasteiger partial charge in [-0.1, -0.05) is 24.3 Å². The van der Waals surface area contributed by atoms with Crippen molar-refractivity contribution in [1.29, 1.82) is 0 Å². The first-order chi connectivity index (χ1) is 14.5. The standard InChI is InChI=1S/C22H28N2O5S/c1-15-22(30-14-23-15)17-6-3-16(4-7-17)5-8-20(26)19-11-18(25)12-24(19)21(27)13-29-10-9-28-2/h3-4,6-7,14,18-19,25H,5,8-13H2,1-2H3/t18-,19+/m1/s1. The minimum Gasteiger partial charge on any atom is -0.391 e. The molecule has 0 spiro atoms. The summed E-state index contributed by atoms with van der Waals surface area (Å²) in [7, 11) is 1.56. The predicted octanol–water partition coefficient (Wildman–Crippen LogP) is 2.25. The molecule has 1 fully saturated rings. The van der Waals surface area contributed by atoms with Crippen LogP contribution in [0.5, 0.6) is 0 Å². The largest absolute Gasteiger partial charge is 0.391 e. The van der Waals surface area contributed by atoms with Crippen molar-refractivity contribution in [3.05, 3.63) is 41.0 Å². The highest BCUT2D eigenvalue weighted by molar-refractivity contribution is 7.13. The van der Waals surface area contributed by atoms with E-state index in [2.05, 4.69) is 4.98 Å². The monoisotopic (exact) mass is 432 g/mol. The molecule has 7 nitrogen and oxygen atoms in total. The number of methoxy groups -OCH3 is 1. The summed E-state index contributed by atoms with van der Waals surface area (Å²) in [6, 6.07) is 7.56. The Morgan fingerprint density at radius 3 is 2.70 bits per heavy atom. The quantitative estimate of drug-likeness (QED) is 0.580. The van der Waals surface area contributed by atoms with Crippen molar-refractivity contribution >= 4 is 23.0 Å². The maximum Gasteiger partial charge on any atom is 0.249 e. The number of nitrogens with zero attached hydrogens (tertiary/aromatic N) is 2. The number of aliphatic hydroxyl groups excluding tert-OH is 1. The van der Waals surface area contributed by atoms with Gasteiger partial charge >= 0.3 is 0 Å². The second-order valence-corrected chi connectivity index (χ2v) is 8.28. The third-order valence-electron chi connectivity index (χ3n) is 5.25. The van der Waals surface area contributed by atoms with Crippen LogP contribution in [0, 0.1) is 6.92 Å². The van der Waals surface area contributed by atoms with Crippen LogP contribution in [0.2, 0.25) is 0 Å². The van der Waals surface area contributed by atoms with Crippen LogP contribution >= 0.6 is 11.3 Å². The molecule has 0 unspecified atom stereocenters. The van der Waals surface area contributed by atoms with E-state index < -0.39 is 12.1 Å². The number of hydrogen-bond acceptors (Lipinski definition) is 7. The Morgan fingerprint density at radius 1 is 1.27 bits per heavy atom. The Hall–Kier alpha value is -2.13. The molecule has 0 aliphatic carbocycles. The molecule has 2 atom stereocenters. The topological polar surface area (TPSA) is 89.0 Å². The summed E-state index contributed by atoms with van der Waals surface area (Å²) in [5.74, 6) is -0.301. The molecule has 1 aliphatic rings. The Morgan fingerprint density at radius 2 is 2.03 bits per heavy atom. The molecule has 162 valence electrons. The number of β-amino-alcohol motifs (C(OH)–C–C–N with tert-alkyl or cyclic N) is 1. The number of carbonyl (C=O) groups excluding carboxylic acids is 2. The van der Waals surface area contributed by atoms with E-state index in [4.69, 9.17) is 9.47 Å². The van der Waals surface area contributed by atoms with Gasteiger partial charge in [-0.25, -0.2) is 4.98 Å². The number of amides is 1. The van der Waals surface area contributed by atoms with Crippen LogP contribution in [0.4, 0.5) is 0 Å². The Bertz CT molecular complexity index is 851. The number of thiazole rings is 1. The lowest BCUT2D eigenvalue weighted by Crippen LogP contribution is -2.42. The van der Waals surface area contributed by atoms with Crippen molar-refractivity contribution in [2.45, 2.75) is 38.3 Å². The first-order valence-electron chi connectivity index (χ1n) is 10.1. The van der Waals surface area contributed by atoms with Gasteiger partial charge in [-0.15, -0.1) is 11.3 Å². The van der Waals surface area contributed by atoms with Crippen LogP contribution < -0.4 is 0 Å². The molecule has 1 N–H and O–H groups in total.